The average Bonchev–Trinajstić information content (AvgIpc) is 3.18. The number of nitrogens with two attached hydrogens (primary N) is 1. The van der Waals surface area contributed by atoms with Crippen molar-refractivity contribution in [2.75, 3.05) is 30.3 Å². The number of para-hydroxylation sites is 1. The van der Waals surface area contributed by atoms with E-state index >= 15 is 0 Å². The van der Waals surface area contributed by atoms with Crippen molar-refractivity contribution in [2.45, 2.75) is 19.3 Å². The van der Waals surface area contributed by atoms with Gasteiger partial charge >= 0.3 is 0 Å². The Labute approximate surface area is 134 Å². The molecule has 2 heterocycles. The van der Waals surface area contributed by atoms with Crippen molar-refractivity contribution in [1.82, 2.24) is 10.3 Å². The molecule has 1 aliphatic heterocycles. The molecule has 0 radical (unpaired) electrons. The van der Waals surface area contributed by atoms with Crippen LogP contribution in [-0.2, 0) is 6.42 Å². The van der Waals surface area contributed by atoms with Crippen molar-refractivity contribution in [3.63, 3.8) is 0 Å². The normalized spacial score (nSPS) is 14.3. The molecule has 3 N–H and O–H groups in total. The third-order valence-corrected chi connectivity index (χ3v) is 4.74. The Morgan fingerprint density at radius 3 is 2.86 bits per heavy atom. The van der Waals surface area contributed by atoms with Gasteiger partial charge < -0.3 is 16.0 Å². The van der Waals surface area contributed by atoms with Gasteiger partial charge in [-0.25, -0.2) is 4.98 Å². The second kappa shape index (κ2) is 6.79. The fraction of sp³-hybridized carbons (Fsp3) is 0.375. The van der Waals surface area contributed by atoms with E-state index in [4.69, 9.17) is 5.73 Å². The molecule has 1 aliphatic rings. The first-order chi connectivity index (χ1) is 10.7. The molecule has 2 aromatic rings. The second-order valence-electron chi connectivity index (χ2n) is 5.41. The van der Waals surface area contributed by atoms with Gasteiger partial charge in [-0.2, -0.15) is 0 Å². The Hall–Kier alpha value is -2.08. The number of benzene rings is 1. The second-order valence-corrected chi connectivity index (χ2v) is 6.25. The van der Waals surface area contributed by atoms with E-state index in [0.29, 0.717) is 17.8 Å². The molecule has 0 bridgehead atoms. The molecule has 3 rings (SSSR count). The smallest absolute Gasteiger partial charge is 0.253 e. The number of nitrogens with one attached hydrogen (secondary N) is 1. The van der Waals surface area contributed by atoms with Gasteiger partial charge in [-0.3, -0.25) is 4.79 Å². The number of amides is 1. The standard InChI is InChI=1S/C16H20N4OS/c17-14-6-2-1-5-13(14)15(21)18-8-7-12-11-22-16(19-12)20-9-3-4-10-20/h1-2,5-6,11H,3-4,7-10,17H2,(H,18,21). The van der Waals surface area contributed by atoms with Gasteiger partial charge in [0, 0.05) is 37.1 Å². The van der Waals surface area contributed by atoms with Gasteiger partial charge in [-0.1, -0.05) is 12.1 Å². The predicted molar refractivity (Wildman–Crippen MR) is 90.5 cm³/mol. The predicted octanol–water partition coefficient (Wildman–Crippen LogP) is 2.30. The minimum absolute atomic E-state index is 0.131. The van der Waals surface area contributed by atoms with Gasteiger partial charge in [-0.15, -0.1) is 11.3 Å². The van der Waals surface area contributed by atoms with Crippen molar-refractivity contribution >= 4 is 28.1 Å². The quantitative estimate of drug-likeness (QED) is 0.830. The van der Waals surface area contributed by atoms with E-state index in [-0.39, 0.29) is 5.91 Å². The molecular weight excluding hydrogens is 296 g/mol. The van der Waals surface area contributed by atoms with Crippen LogP contribution in [-0.4, -0.2) is 30.5 Å². The van der Waals surface area contributed by atoms with E-state index in [1.54, 1.807) is 23.5 Å². The highest BCUT2D eigenvalue weighted by molar-refractivity contribution is 7.13. The summed E-state index contributed by atoms with van der Waals surface area (Å²) in [5.74, 6) is -0.131. The summed E-state index contributed by atoms with van der Waals surface area (Å²) >= 11 is 1.69. The van der Waals surface area contributed by atoms with Crippen LogP contribution in [0.5, 0.6) is 0 Å². The average molecular weight is 316 g/mol. The van der Waals surface area contributed by atoms with E-state index in [2.05, 4.69) is 20.6 Å². The van der Waals surface area contributed by atoms with E-state index < -0.39 is 0 Å². The molecule has 6 heteroatoms. The highest BCUT2D eigenvalue weighted by Gasteiger charge is 2.15. The molecule has 0 aliphatic carbocycles. The number of nitrogen functional groups attached to an aromatic ring is 1. The van der Waals surface area contributed by atoms with Gasteiger partial charge in [-0.05, 0) is 25.0 Å². The topological polar surface area (TPSA) is 71.2 Å². The van der Waals surface area contributed by atoms with Gasteiger partial charge in [0.25, 0.3) is 5.91 Å². The summed E-state index contributed by atoms with van der Waals surface area (Å²) in [6.45, 7) is 2.78. The van der Waals surface area contributed by atoms with Crippen LogP contribution in [0.4, 0.5) is 10.8 Å². The lowest BCUT2D eigenvalue weighted by Gasteiger charge is -2.12. The van der Waals surface area contributed by atoms with Crippen LogP contribution in [0, 0.1) is 0 Å². The Bertz CT molecular complexity index is 649. The number of anilines is 2. The number of hydrogen-bond acceptors (Lipinski definition) is 5. The lowest BCUT2D eigenvalue weighted by atomic mass is 10.1. The zero-order valence-electron chi connectivity index (χ0n) is 12.4. The molecule has 1 aromatic heterocycles. The fourth-order valence-corrected chi connectivity index (χ4v) is 3.48. The largest absolute Gasteiger partial charge is 0.398 e. The Kier molecular flexibility index (Phi) is 4.58. The molecule has 0 unspecified atom stereocenters. The SMILES string of the molecule is Nc1ccccc1C(=O)NCCc1csc(N2CCCC2)n1. The van der Waals surface area contributed by atoms with Crippen LogP contribution < -0.4 is 16.0 Å². The Balaban J connectivity index is 1.51. The van der Waals surface area contributed by atoms with E-state index in [1.807, 2.05) is 12.1 Å². The van der Waals surface area contributed by atoms with Crippen LogP contribution in [0.1, 0.15) is 28.9 Å². The van der Waals surface area contributed by atoms with Crippen molar-refractivity contribution in [3.8, 4) is 0 Å². The Morgan fingerprint density at radius 1 is 1.32 bits per heavy atom. The third kappa shape index (κ3) is 3.39. The number of rotatable bonds is 5. The molecule has 0 saturated carbocycles. The molecule has 1 fully saturated rings. The molecule has 116 valence electrons. The van der Waals surface area contributed by atoms with Gasteiger partial charge in [0.15, 0.2) is 5.13 Å². The summed E-state index contributed by atoms with van der Waals surface area (Å²) in [6, 6.07) is 7.10. The zero-order chi connectivity index (χ0) is 15.4. The minimum Gasteiger partial charge on any atom is -0.398 e. The minimum atomic E-state index is -0.131. The van der Waals surface area contributed by atoms with Crippen molar-refractivity contribution in [3.05, 3.63) is 40.9 Å². The van der Waals surface area contributed by atoms with Crippen molar-refractivity contribution in [2.24, 2.45) is 0 Å². The molecule has 5 nitrogen and oxygen atoms in total. The number of hydrogen-bond donors (Lipinski definition) is 2. The Morgan fingerprint density at radius 2 is 2.09 bits per heavy atom. The molecule has 1 saturated heterocycles. The first-order valence-electron chi connectivity index (χ1n) is 7.56. The fourth-order valence-electron chi connectivity index (χ4n) is 2.57. The lowest BCUT2D eigenvalue weighted by molar-refractivity contribution is 0.0955. The molecule has 0 spiro atoms. The molecule has 1 aromatic carbocycles. The van der Waals surface area contributed by atoms with Crippen molar-refractivity contribution < 1.29 is 4.79 Å². The lowest BCUT2D eigenvalue weighted by Crippen LogP contribution is -2.26. The first-order valence-corrected chi connectivity index (χ1v) is 8.44. The molecule has 22 heavy (non-hydrogen) atoms. The maximum absolute atomic E-state index is 12.1. The van der Waals surface area contributed by atoms with Crippen LogP contribution in [0.25, 0.3) is 0 Å². The van der Waals surface area contributed by atoms with Crippen molar-refractivity contribution in [1.29, 1.82) is 0 Å². The number of aromatic nitrogens is 1. The van der Waals surface area contributed by atoms with E-state index in [1.165, 1.54) is 12.8 Å². The summed E-state index contributed by atoms with van der Waals surface area (Å²) in [6.07, 6.45) is 3.25. The van der Waals surface area contributed by atoms with Crippen LogP contribution >= 0.6 is 11.3 Å². The first kappa shape index (κ1) is 14.8. The molecule has 0 atom stereocenters. The maximum Gasteiger partial charge on any atom is 0.253 e. The van der Waals surface area contributed by atoms with Gasteiger partial charge in [0.05, 0.1) is 11.3 Å². The number of carbonyl (C=O) groups is 1. The van der Waals surface area contributed by atoms with Crippen LogP contribution in [0.15, 0.2) is 29.6 Å². The highest BCUT2D eigenvalue weighted by Crippen LogP contribution is 2.24. The summed E-state index contributed by atoms with van der Waals surface area (Å²) in [7, 11) is 0. The third-order valence-electron chi connectivity index (χ3n) is 3.79. The summed E-state index contributed by atoms with van der Waals surface area (Å²) in [5, 5.41) is 6.08. The monoisotopic (exact) mass is 316 g/mol. The van der Waals surface area contributed by atoms with Gasteiger partial charge in [0.2, 0.25) is 0 Å². The van der Waals surface area contributed by atoms with E-state index in [9.17, 15) is 4.79 Å². The van der Waals surface area contributed by atoms with Crippen LogP contribution in [0.2, 0.25) is 0 Å². The maximum atomic E-state index is 12.1. The number of thiazole rings is 1. The van der Waals surface area contributed by atoms with E-state index in [0.717, 1.165) is 30.3 Å². The highest BCUT2D eigenvalue weighted by atomic mass is 32.1. The van der Waals surface area contributed by atoms with Crippen LogP contribution in [0.3, 0.4) is 0 Å². The molecule has 1 amide bonds. The molecular formula is C16H20N4OS. The number of carbonyl (C=O) groups excluding carboxylic acids is 1. The summed E-state index contributed by atoms with van der Waals surface area (Å²) in [5.41, 5.74) is 7.87. The zero-order valence-corrected chi connectivity index (χ0v) is 13.2. The summed E-state index contributed by atoms with van der Waals surface area (Å²) < 4.78 is 0. The van der Waals surface area contributed by atoms with Gasteiger partial charge in [0.1, 0.15) is 0 Å². The summed E-state index contributed by atoms with van der Waals surface area (Å²) in [4.78, 5) is 19.0. The number of nitrogens with zero attached hydrogens (tertiary/aromatic N) is 2.